The third kappa shape index (κ3) is 3.62. The molecule has 2 aromatic heterocycles. The zero-order chi connectivity index (χ0) is 20.5. The number of aromatic hydroxyl groups is 1. The topological polar surface area (TPSA) is 95.6 Å². The molecule has 0 radical (unpaired) electrons. The number of rotatable bonds is 4. The number of hydrogen-bond donors (Lipinski definition) is 2. The van der Waals surface area contributed by atoms with Gasteiger partial charge in [-0.05, 0) is 50.1 Å². The van der Waals surface area contributed by atoms with Gasteiger partial charge in [-0.15, -0.1) is 5.11 Å². The fourth-order valence-corrected chi connectivity index (χ4v) is 3.81. The number of para-hydroxylation sites is 1. The summed E-state index contributed by atoms with van der Waals surface area (Å²) >= 11 is 1.30. The highest BCUT2D eigenvalue weighted by molar-refractivity contribution is 7.17. The summed E-state index contributed by atoms with van der Waals surface area (Å²) in [7, 11) is 0. The fraction of sp³-hybridized carbons (Fsp3) is 0.143. The van der Waals surface area contributed by atoms with E-state index in [0.29, 0.717) is 16.4 Å². The lowest BCUT2D eigenvalue weighted by molar-refractivity contribution is 0.477. The van der Waals surface area contributed by atoms with Gasteiger partial charge in [0.1, 0.15) is 5.75 Å². The molecule has 2 N–H and O–H groups in total. The highest BCUT2D eigenvalue weighted by Crippen LogP contribution is 2.34. The maximum Gasteiger partial charge on any atom is 0.301 e. The van der Waals surface area contributed by atoms with Crippen LogP contribution in [-0.4, -0.2) is 19.9 Å². The number of benzene rings is 2. The average molecular weight is 405 g/mol. The number of H-pyrrole nitrogens is 1. The third-order valence-corrected chi connectivity index (χ3v) is 5.53. The second-order valence-corrected chi connectivity index (χ2v) is 7.75. The summed E-state index contributed by atoms with van der Waals surface area (Å²) in [5, 5.41) is 22.0. The van der Waals surface area contributed by atoms with Gasteiger partial charge >= 0.3 is 5.56 Å². The van der Waals surface area contributed by atoms with E-state index in [0.717, 1.165) is 21.7 Å². The molecule has 0 aliphatic heterocycles. The van der Waals surface area contributed by atoms with Gasteiger partial charge in [-0.25, -0.2) is 4.98 Å². The smallest absolute Gasteiger partial charge is 0.301 e. The monoisotopic (exact) mass is 405 g/mol. The van der Waals surface area contributed by atoms with Crippen LogP contribution in [-0.2, 0) is 0 Å². The summed E-state index contributed by atoms with van der Waals surface area (Å²) < 4.78 is 1.35. The van der Waals surface area contributed by atoms with Gasteiger partial charge in [-0.3, -0.25) is 9.89 Å². The van der Waals surface area contributed by atoms with E-state index >= 15 is 0 Å². The number of aromatic amines is 1. The van der Waals surface area contributed by atoms with Crippen molar-refractivity contribution < 1.29 is 5.11 Å². The molecule has 2 heterocycles. The van der Waals surface area contributed by atoms with Crippen molar-refractivity contribution in [2.24, 2.45) is 10.2 Å². The molecule has 0 bridgehead atoms. The van der Waals surface area contributed by atoms with Crippen molar-refractivity contribution in [3.05, 3.63) is 75.8 Å². The molecule has 0 aliphatic rings. The highest BCUT2D eigenvalue weighted by atomic mass is 32.1. The minimum atomic E-state index is -0.324. The van der Waals surface area contributed by atoms with Crippen LogP contribution in [0, 0.1) is 20.8 Å². The number of azo groups is 1. The van der Waals surface area contributed by atoms with E-state index in [1.54, 1.807) is 31.3 Å². The Labute approximate surface area is 171 Å². The minimum Gasteiger partial charge on any atom is -0.507 e. The SMILES string of the molecule is Cc1ccc(C)c(N=Nc2c(C)[nH]n(-c3ncc(-c4ccccc4O)s3)c2=O)c1. The molecular formula is C21H19N5O2S. The van der Waals surface area contributed by atoms with Crippen LogP contribution >= 0.6 is 11.3 Å². The first-order chi connectivity index (χ1) is 13.9. The maximum atomic E-state index is 12.9. The van der Waals surface area contributed by atoms with Crippen molar-refractivity contribution >= 4 is 22.7 Å². The van der Waals surface area contributed by atoms with E-state index in [2.05, 4.69) is 20.3 Å². The lowest BCUT2D eigenvalue weighted by atomic mass is 10.1. The summed E-state index contributed by atoms with van der Waals surface area (Å²) in [5.74, 6) is 0.167. The summed E-state index contributed by atoms with van der Waals surface area (Å²) in [6.45, 7) is 5.70. The molecule has 0 fully saturated rings. The van der Waals surface area contributed by atoms with Gasteiger partial charge in [0, 0.05) is 11.8 Å². The minimum absolute atomic E-state index is 0.167. The van der Waals surface area contributed by atoms with Crippen LogP contribution < -0.4 is 5.56 Å². The van der Waals surface area contributed by atoms with Crippen LogP contribution in [0.1, 0.15) is 16.8 Å². The number of hydrogen-bond acceptors (Lipinski definition) is 6. The quantitative estimate of drug-likeness (QED) is 0.449. The molecule has 2 aromatic carbocycles. The second-order valence-electron chi connectivity index (χ2n) is 6.74. The predicted octanol–water partition coefficient (Wildman–Crippen LogP) is 5.34. The zero-order valence-electron chi connectivity index (χ0n) is 16.2. The highest BCUT2D eigenvalue weighted by Gasteiger charge is 2.16. The van der Waals surface area contributed by atoms with E-state index in [1.807, 2.05) is 38.1 Å². The first-order valence-electron chi connectivity index (χ1n) is 8.99. The largest absolute Gasteiger partial charge is 0.507 e. The lowest BCUT2D eigenvalue weighted by Gasteiger charge is -1.99. The maximum absolute atomic E-state index is 12.9. The molecule has 0 unspecified atom stereocenters. The summed E-state index contributed by atoms with van der Waals surface area (Å²) in [6.07, 6.45) is 1.63. The number of aromatic nitrogens is 3. The Hall–Kier alpha value is -3.52. The van der Waals surface area contributed by atoms with Gasteiger partial charge in [0.25, 0.3) is 0 Å². The van der Waals surface area contributed by atoms with E-state index in [9.17, 15) is 9.90 Å². The predicted molar refractivity (Wildman–Crippen MR) is 114 cm³/mol. The number of phenolic OH excluding ortho intramolecular Hbond substituents is 1. The molecule has 4 aromatic rings. The molecule has 0 aliphatic carbocycles. The van der Waals surface area contributed by atoms with E-state index in [4.69, 9.17) is 0 Å². The zero-order valence-corrected chi connectivity index (χ0v) is 17.0. The van der Waals surface area contributed by atoms with Crippen molar-refractivity contribution in [3.8, 4) is 21.3 Å². The fourth-order valence-electron chi connectivity index (χ4n) is 2.90. The van der Waals surface area contributed by atoms with Crippen molar-refractivity contribution in [3.63, 3.8) is 0 Å². The van der Waals surface area contributed by atoms with Crippen LogP contribution in [0.5, 0.6) is 5.75 Å². The Morgan fingerprint density at radius 3 is 2.69 bits per heavy atom. The molecule has 146 valence electrons. The van der Waals surface area contributed by atoms with Crippen molar-refractivity contribution in [2.45, 2.75) is 20.8 Å². The Balaban J connectivity index is 1.70. The lowest BCUT2D eigenvalue weighted by Crippen LogP contribution is -2.13. The Bertz CT molecular complexity index is 1280. The molecule has 0 spiro atoms. The number of aryl methyl sites for hydroxylation is 3. The van der Waals surface area contributed by atoms with Gasteiger partial charge in [0.05, 0.1) is 16.3 Å². The third-order valence-electron chi connectivity index (χ3n) is 4.52. The Morgan fingerprint density at radius 1 is 1.10 bits per heavy atom. The van der Waals surface area contributed by atoms with E-state index in [-0.39, 0.29) is 17.0 Å². The van der Waals surface area contributed by atoms with Gasteiger partial charge in [0.2, 0.25) is 5.13 Å². The van der Waals surface area contributed by atoms with Crippen LogP contribution in [0.4, 0.5) is 11.4 Å². The molecule has 4 rings (SSSR count). The summed E-state index contributed by atoms with van der Waals surface area (Å²) in [4.78, 5) is 18.0. The summed E-state index contributed by atoms with van der Waals surface area (Å²) in [6, 6.07) is 12.9. The van der Waals surface area contributed by atoms with Gasteiger partial charge in [0.15, 0.2) is 5.69 Å². The van der Waals surface area contributed by atoms with E-state index in [1.165, 1.54) is 16.0 Å². The Morgan fingerprint density at radius 2 is 1.90 bits per heavy atom. The first kappa shape index (κ1) is 18.8. The molecule has 0 saturated carbocycles. The Kier molecular flexibility index (Phi) is 4.85. The molecule has 0 saturated heterocycles. The number of phenols is 1. The van der Waals surface area contributed by atoms with Crippen LogP contribution in [0.3, 0.4) is 0 Å². The number of nitrogens with one attached hydrogen (secondary N) is 1. The average Bonchev–Trinajstić information content (AvgIpc) is 3.28. The number of thiazole rings is 1. The molecule has 0 atom stereocenters. The van der Waals surface area contributed by atoms with Crippen molar-refractivity contribution in [1.82, 2.24) is 14.8 Å². The van der Waals surface area contributed by atoms with Crippen LogP contribution in [0.2, 0.25) is 0 Å². The second kappa shape index (κ2) is 7.48. The normalized spacial score (nSPS) is 11.4. The molecule has 8 heteroatoms. The van der Waals surface area contributed by atoms with Gasteiger partial charge < -0.3 is 5.11 Å². The standard InChI is InChI=1S/C21H19N5O2S/c1-12-8-9-13(2)16(10-12)23-24-19-14(3)25-26(20(19)28)21-22-11-18(29-21)15-6-4-5-7-17(15)27/h4-11,25,27H,1-3H3. The number of nitrogens with zero attached hydrogens (tertiary/aromatic N) is 4. The van der Waals surface area contributed by atoms with E-state index < -0.39 is 0 Å². The van der Waals surface area contributed by atoms with Gasteiger partial charge in [-0.2, -0.15) is 9.80 Å². The molecular weight excluding hydrogens is 386 g/mol. The first-order valence-corrected chi connectivity index (χ1v) is 9.81. The van der Waals surface area contributed by atoms with Crippen molar-refractivity contribution in [2.75, 3.05) is 0 Å². The van der Waals surface area contributed by atoms with Crippen LogP contribution in [0.25, 0.3) is 15.6 Å². The molecule has 29 heavy (non-hydrogen) atoms. The van der Waals surface area contributed by atoms with Crippen LogP contribution in [0.15, 0.2) is 63.7 Å². The molecule has 7 nitrogen and oxygen atoms in total. The summed E-state index contributed by atoms with van der Waals surface area (Å²) in [5.41, 5.74) is 3.98. The van der Waals surface area contributed by atoms with Gasteiger partial charge in [-0.1, -0.05) is 35.6 Å². The molecule has 0 amide bonds. The van der Waals surface area contributed by atoms with Crippen molar-refractivity contribution in [1.29, 1.82) is 0 Å².